The summed E-state index contributed by atoms with van der Waals surface area (Å²) in [5, 5.41) is 27.6. The third-order valence-corrected chi connectivity index (χ3v) is 7.43. The van der Waals surface area contributed by atoms with Crippen LogP contribution in [0.5, 0.6) is 0 Å². The summed E-state index contributed by atoms with van der Waals surface area (Å²) >= 11 is 0. The number of anilines is 1. The number of amides is 3. The molecule has 0 saturated carbocycles. The van der Waals surface area contributed by atoms with Crippen LogP contribution in [0, 0.1) is 0 Å². The number of hydrogen-bond acceptors (Lipinski definition) is 6. The maximum absolute atomic E-state index is 13.8. The van der Waals surface area contributed by atoms with Crippen LogP contribution in [-0.4, -0.2) is 70.3 Å². The van der Waals surface area contributed by atoms with Crippen molar-refractivity contribution in [3.05, 3.63) is 77.6 Å². The van der Waals surface area contributed by atoms with Crippen LogP contribution in [0.4, 0.5) is 5.69 Å². The Bertz CT molecular complexity index is 1380. The van der Waals surface area contributed by atoms with Crippen molar-refractivity contribution >= 4 is 23.4 Å². The third-order valence-electron chi connectivity index (χ3n) is 7.43. The fourth-order valence-corrected chi connectivity index (χ4v) is 5.19. The zero-order valence-electron chi connectivity index (χ0n) is 24.4. The first kappa shape index (κ1) is 31.0. The Balaban J connectivity index is 1.48. The molecular formula is C32H41N5O5. The Morgan fingerprint density at radius 3 is 2.57 bits per heavy atom. The minimum absolute atomic E-state index is 0.0967. The van der Waals surface area contributed by atoms with Crippen LogP contribution in [-0.2, 0) is 22.6 Å². The van der Waals surface area contributed by atoms with Gasteiger partial charge < -0.3 is 36.0 Å². The van der Waals surface area contributed by atoms with Gasteiger partial charge in [0.1, 0.15) is 6.04 Å². The van der Waals surface area contributed by atoms with Crippen molar-refractivity contribution in [2.24, 2.45) is 0 Å². The van der Waals surface area contributed by atoms with Crippen LogP contribution < -0.4 is 20.9 Å². The van der Waals surface area contributed by atoms with Crippen LogP contribution in [0.15, 0.2) is 60.8 Å². The molecule has 0 radical (unpaired) electrons. The van der Waals surface area contributed by atoms with Crippen LogP contribution in [0.3, 0.4) is 0 Å². The fourth-order valence-electron chi connectivity index (χ4n) is 5.19. The van der Waals surface area contributed by atoms with E-state index in [4.69, 9.17) is 5.11 Å². The van der Waals surface area contributed by atoms with E-state index in [9.17, 15) is 19.5 Å². The van der Waals surface area contributed by atoms with E-state index < -0.39 is 17.7 Å². The Morgan fingerprint density at radius 2 is 1.86 bits per heavy atom. The SMILES string of the molecule is CCNC(=O)c1ccccc1-c1ccc(CN2C(=O)[C@H](NC(=O)CC(C)(C)NC[C@H](O)CO)CCc3[nH]ccc32)cc1. The van der Waals surface area contributed by atoms with E-state index in [1.54, 1.807) is 4.90 Å². The molecule has 2 aromatic carbocycles. The zero-order chi connectivity index (χ0) is 30.3. The second-order valence-electron chi connectivity index (χ2n) is 11.3. The standard InChI is InChI=1S/C32H41N5O5/c1-4-33-30(41)25-8-6-5-7-24(25)22-11-9-21(10-12-22)19-37-28-15-16-34-26(28)13-14-27(31(37)42)36-29(40)17-32(2,3)35-18-23(39)20-38/h5-12,15-16,23,27,34-35,38-39H,4,13-14,17-20H2,1-3H3,(H,33,41)(H,36,40)/t23-,27+/m0/s1. The number of β-amino-alcohol motifs (C(OH)–C–C–N with tert-alkyl or cyclic N) is 1. The lowest BCUT2D eigenvalue weighted by atomic mass is 9.98. The number of aromatic nitrogens is 1. The summed E-state index contributed by atoms with van der Waals surface area (Å²) < 4.78 is 0. The maximum Gasteiger partial charge on any atom is 0.251 e. The van der Waals surface area contributed by atoms with Gasteiger partial charge in [0.15, 0.2) is 0 Å². The van der Waals surface area contributed by atoms with Crippen molar-refractivity contribution in [3.63, 3.8) is 0 Å². The van der Waals surface area contributed by atoms with Gasteiger partial charge in [-0.05, 0) is 62.4 Å². The number of fused-ring (bicyclic) bond motifs is 1. The quantitative estimate of drug-likeness (QED) is 0.196. The zero-order valence-corrected chi connectivity index (χ0v) is 24.4. The third kappa shape index (κ3) is 7.64. The topological polar surface area (TPSA) is 147 Å². The van der Waals surface area contributed by atoms with Crippen LogP contribution in [0.1, 0.15) is 55.2 Å². The molecule has 2 atom stereocenters. The van der Waals surface area contributed by atoms with Crippen molar-refractivity contribution in [1.82, 2.24) is 20.9 Å². The highest BCUT2D eigenvalue weighted by Gasteiger charge is 2.33. The van der Waals surface area contributed by atoms with Gasteiger partial charge in [0.25, 0.3) is 5.91 Å². The molecule has 0 spiro atoms. The van der Waals surface area contributed by atoms with Crippen LogP contribution in [0.2, 0.25) is 0 Å². The lowest BCUT2D eigenvalue weighted by Gasteiger charge is -2.29. The normalized spacial score (nSPS) is 16.0. The number of nitrogens with one attached hydrogen (secondary N) is 4. The first-order valence-electron chi connectivity index (χ1n) is 14.4. The van der Waals surface area contributed by atoms with Gasteiger partial charge in [0.05, 0.1) is 24.9 Å². The number of benzene rings is 2. The second-order valence-corrected chi connectivity index (χ2v) is 11.3. The number of aromatic amines is 1. The number of aliphatic hydroxyl groups excluding tert-OH is 2. The van der Waals surface area contributed by atoms with E-state index in [1.807, 2.05) is 81.6 Å². The summed E-state index contributed by atoms with van der Waals surface area (Å²) in [6.45, 7) is 6.20. The number of aliphatic hydroxyl groups is 2. The summed E-state index contributed by atoms with van der Waals surface area (Å²) in [5.41, 5.74) is 4.34. The summed E-state index contributed by atoms with van der Waals surface area (Å²) in [6, 6.07) is 16.5. The van der Waals surface area contributed by atoms with E-state index in [2.05, 4.69) is 20.9 Å². The molecule has 2 heterocycles. The predicted octanol–water partition coefficient (Wildman–Crippen LogP) is 2.51. The second kappa shape index (κ2) is 13.8. The molecule has 0 fully saturated rings. The highest BCUT2D eigenvalue weighted by atomic mass is 16.3. The summed E-state index contributed by atoms with van der Waals surface area (Å²) in [7, 11) is 0. The van der Waals surface area contributed by atoms with Crippen molar-refractivity contribution in [1.29, 1.82) is 0 Å². The Kier molecular flexibility index (Phi) is 10.2. The number of H-pyrrole nitrogens is 1. The highest BCUT2D eigenvalue weighted by molar-refractivity contribution is 6.01. The minimum Gasteiger partial charge on any atom is -0.394 e. The molecule has 0 saturated heterocycles. The highest BCUT2D eigenvalue weighted by Crippen LogP contribution is 2.29. The van der Waals surface area contributed by atoms with E-state index in [1.165, 1.54) is 0 Å². The first-order valence-corrected chi connectivity index (χ1v) is 14.4. The number of nitrogens with zero attached hydrogens (tertiary/aromatic N) is 1. The summed E-state index contributed by atoms with van der Waals surface area (Å²) in [5.74, 6) is -0.582. The number of aryl methyl sites for hydroxylation is 1. The monoisotopic (exact) mass is 575 g/mol. The minimum atomic E-state index is -0.914. The van der Waals surface area contributed by atoms with E-state index >= 15 is 0 Å². The van der Waals surface area contributed by atoms with Crippen molar-refractivity contribution in [3.8, 4) is 11.1 Å². The van der Waals surface area contributed by atoms with Gasteiger partial charge in [-0.25, -0.2) is 0 Å². The molecule has 1 aromatic heterocycles. The molecule has 1 aliphatic heterocycles. The average Bonchev–Trinajstić information content (AvgIpc) is 3.40. The maximum atomic E-state index is 13.8. The van der Waals surface area contributed by atoms with Gasteiger partial charge >= 0.3 is 0 Å². The average molecular weight is 576 g/mol. The molecule has 3 aromatic rings. The predicted molar refractivity (Wildman–Crippen MR) is 162 cm³/mol. The van der Waals surface area contributed by atoms with E-state index in [0.717, 1.165) is 28.1 Å². The van der Waals surface area contributed by atoms with Gasteiger partial charge in [-0.15, -0.1) is 0 Å². The fraction of sp³-hybridized carbons (Fsp3) is 0.406. The van der Waals surface area contributed by atoms with Crippen LogP contribution in [0.25, 0.3) is 11.1 Å². The molecule has 6 N–H and O–H groups in total. The number of carbonyl (C=O) groups is 3. The smallest absolute Gasteiger partial charge is 0.251 e. The van der Waals surface area contributed by atoms with Gasteiger partial charge in [-0.3, -0.25) is 14.4 Å². The van der Waals surface area contributed by atoms with E-state index in [0.29, 0.717) is 31.5 Å². The molecule has 4 rings (SSSR count). The molecule has 0 aliphatic carbocycles. The lowest BCUT2D eigenvalue weighted by Crippen LogP contribution is -2.51. The first-order chi connectivity index (χ1) is 20.1. The van der Waals surface area contributed by atoms with Gasteiger partial charge in [-0.1, -0.05) is 42.5 Å². The molecule has 0 bridgehead atoms. The summed E-state index contributed by atoms with van der Waals surface area (Å²) in [4.78, 5) is 44.3. The lowest BCUT2D eigenvalue weighted by molar-refractivity contribution is -0.128. The summed E-state index contributed by atoms with van der Waals surface area (Å²) in [6.07, 6.45) is 2.07. The Labute approximate surface area is 246 Å². The Hall–Kier alpha value is -3.99. The van der Waals surface area contributed by atoms with E-state index in [-0.39, 0.29) is 37.3 Å². The molecule has 3 amide bonds. The van der Waals surface area contributed by atoms with Crippen molar-refractivity contribution < 1.29 is 24.6 Å². The van der Waals surface area contributed by atoms with Crippen LogP contribution >= 0.6 is 0 Å². The number of carbonyl (C=O) groups excluding carboxylic acids is 3. The number of rotatable bonds is 12. The number of hydrogen-bond donors (Lipinski definition) is 6. The van der Waals surface area contributed by atoms with Crippen molar-refractivity contribution in [2.45, 2.75) is 64.3 Å². The molecule has 42 heavy (non-hydrogen) atoms. The molecular weight excluding hydrogens is 534 g/mol. The molecule has 10 heteroatoms. The molecule has 224 valence electrons. The van der Waals surface area contributed by atoms with Gasteiger partial charge in [0, 0.05) is 42.5 Å². The molecule has 1 aliphatic rings. The largest absolute Gasteiger partial charge is 0.394 e. The molecule has 0 unspecified atom stereocenters. The van der Waals surface area contributed by atoms with Gasteiger partial charge in [-0.2, -0.15) is 0 Å². The molecule has 10 nitrogen and oxygen atoms in total. The van der Waals surface area contributed by atoms with Gasteiger partial charge in [0.2, 0.25) is 11.8 Å². The van der Waals surface area contributed by atoms with Crippen molar-refractivity contribution in [2.75, 3.05) is 24.6 Å². The Morgan fingerprint density at radius 1 is 1.12 bits per heavy atom.